The molecule has 1 unspecified atom stereocenters. The molecule has 0 aliphatic carbocycles. The number of rotatable bonds is 4. The Balaban J connectivity index is 0.000000314. The van der Waals surface area contributed by atoms with E-state index in [2.05, 4.69) is 5.32 Å². The first kappa shape index (κ1) is 21.8. The summed E-state index contributed by atoms with van der Waals surface area (Å²) in [4.78, 5) is 10.5. The Morgan fingerprint density at radius 3 is 2.12 bits per heavy atom. The first-order valence-corrected chi connectivity index (χ1v) is 8.06. The summed E-state index contributed by atoms with van der Waals surface area (Å²) in [5, 5.41) is 10.7. The second-order valence-corrected chi connectivity index (χ2v) is 6.00. The molecule has 0 bridgehead atoms. The summed E-state index contributed by atoms with van der Waals surface area (Å²) in [5.41, 5.74) is 6.07. The molecule has 2 rings (SSSR count). The Labute approximate surface area is 154 Å². The number of carboxylic acid groups (broad SMARTS) is 1. The van der Waals surface area contributed by atoms with E-state index in [0.29, 0.717) is 0 Å². The third-order valence-corrected chi connectivity index (χ3v) is 3.67. The van der Waals surface area contributed by atoms with Gasteiger partial charge in [-0.05, 0) is 37.6 Å². The van der Waals surface area contributed by atoms with Crippen LogP contribution < -0.4 is 11.1 Å². The van der Waals surface area contributed by atoms with Gasteiger partial charge in [-0.3, -0.25) is 4.79 Å². The summed E-state index contributed by atoms with van der Waals surface area (Å²) >= 11 is 5.47. The van der Waals surface area contributed by atoms with E-state index in [1.165, 1.54) is 12.5 Å². The highest BCUT2D eigenvalue weighted by molar-refractivity contribution is 6.31. The van der Waals surface area contributed by atoms with Gasteiger partial charge in [0.05, 0.1) is 10.6 Å². The fourth-order valence-electron chi connectivity index (χ4n) is 1.90. The molecular weight excluding hydrogens is 369 g/mol. The Morgan fingerprint density at radius 2 is 1.73 bits per heavy atom. The van der Waals surface area contributed by atoms with Crippen molar-refractivity contribution >= 4 is 23.3 Å². The van der Waals surface area contributed by atoms with E-state index >= 15 is 0 Å². The maximum atomic E-state index is 12.4. The number of alkyl halides is 3. The minimum Gasteiger partial charge on any atom is -0.480 e. The van der Waals surface area contributed by atoms with Gasteiger partial charge in [-0.1, -0.05) is 41.9 Å². The van der Waals surface area contributed by atoms with Gasteiger partial charge in [0.15, 0.2) is 0 Å². The molecule has 4 N–H and O–H groups in total. The van der Waals surface area contributed by atoms with Crippen LogP contribution in [0.25, 0.3) is 0 Å². The molecule has 0 aliphatic rings. The highest BCUT2D eigenvalue weighted by Crippen LogP contribution is 2.35. The van der Waals surface area contributed by atoms with Crippen LogP contribution in [0.1, 0.15) is 31.0 Å². The zero-order chi connectivity index (χ0) is 19.9. The lowest BCUT2D eigenvalue weighted by Crippen LogP contribution is -2.25. The minimum atomic E-state index is -4.52. The Morgan fingerprint density at radius 1 is 1.15 bits per heavy atom. The highest BCUT2D eigenvalue weighted by atomic mass is 35.5. The van der Waals surface area contributed by atoms with E-state index in [4.69, 9.17) is 22.4 Å². The van der Waals surface area contributed by atoms with Gasteiger partial charge in [-0.25, -0.2) is 0 Å². The van der Waals surface area contributed by atoms with Gasteiger partial charge >= 0.3 is 12.1 Å². The molecule has 0 heterocycles. The SMILES string of the molecule is CC(Nc1ccc(C(F)(F)F)c(Cl)c1)C(=O)O.C[C@@H](N)c1ccccc1. The number of halogens is 4. The molecule has 0 saturated heterocycles. The molecule has 2 aromatic rings. The number of aliphatic carboxylic acids is 1. The van der Waals surface area contributed by atoms with Crippen LogP contribution >= 0.6 is 11.6 Å². The van der Waals surface area contributed by atoms with Crippen molar-refractivity contribution in [1.82, 2.24) is 0 Å². The van der Waals surface area contributed by atoms with Gasteiger partial charge in [0, 0.05) is 11.7 Å². The molecule has 2 atom stereocenters. The maximum absolute atomic E-state index is 12.4. The van der Waals surface area contributed by atoms with E-state index < -0.39 is 28.8 Å². The van der Waals surface area contributed by atoms with E-state index in [1.54, 1.807) is 0 Å². The number of nitrogens with one attached hydrogen (secondary N) is 1. The number of benzene rings is 2. The van der Waals surface area contributed by atoms with Crippen molar-refractivity contribution in [3.63, 3.8) is 0 Å². The molecular formula is C18H20ClF3N2O2. The molecule has 2 aromatic carbocycles. The van der Waals surface area contributed by atoms with Gasteiger partial charge < -0.3 is 16.2 Å². The van der Waals surface area contributed by atoms with Crippen LogP contribution in [0.2, 0.25) is 5.02 Å². The second-order valence-electron chi connectivity index (χ2n) is 5.60. The summed E-state index contributed by atoms with van der Waals surface area (Å²) in [6.45, 7) is 3.35. The van der Waals surface area contributed by atoms with Gasteiger partial charge in [-0.2, -0.15) is 13.2 Å². The number of carbonyl (C=O) groups is 1. The standard InChI is InChI=1S/C10H9ClF3NO2.C8H11N/c1-5(9(16)17)15-6-2-3-7(8(11)4-6)10(12,13)14;1-7(9)8-5-3-2-4-6-8/h2-5,15H,1H3,(H,16,17);2-7H,9H2,1H3/t;7-/m.1/s1. The molecule has 26 heavy (non-hydrogen) atoms. The predicted molar refractivity (Wildman–Crippen MR) is 96.2 cm³/mol. The fourth-order valence-corrected chi connectivity index (χ4v) is 2.19. The molecule has 0 saturated carbocycles. The summed E-state index contributed by atoms with van der Waals surface area (Å²) in [6.07, 6.45) is -4.52. The van der Waals surface area contributed by atoms with E-state index in [-0.39, 0.29) is 11.7 Å². The lowest BCUT2D eigenvalue weighted by Gasteiger charge is -2.13. The van der Waals surface area contributed by atoms with Gasteiger partial charge in [0.2, 0.25) is 0 Å². The van der Waals surface area contributed by atoms with Crippen molar-refractivity contribution in [2.24, 2.45) is 5.73 Å². The summed E-state index contributed by atoms with van der Waals surface area (Å²) in [5.74, 6) is -1.11. The van der Waals surface area contributed by atoms with Crippen molar-refractivity contribution in [1.29, 1.82) is 0 Å². The quantitative estimate of drug-likeness (QED) is 0.692. The molecule has 8 heteroatoms. The third kappa shape index (κ3) is 6.93. The molecule has 0 spiro atoms. The van der Waals surface area contributed by atoms with Crippen LogP contribution in [0.5, 0.6) is 0 Å². The number of anilines is 1. The molecule has 0 aliphatic heterocycles. The molecule has 0 radical (unpaired) electrons. The lowest BCUT2D eigenvalue weighted by molar-refractivity contribution is -0.138. The van der Waals surface area contributed by atoms with E-state index in [0.717, 1.165) is 18.2 Å². The fraction of sp³-hybridized carbons (Fsp3) is 0.278. The van der Waals surface area contributed by atoms with Crippen molar-refractivity contribution < 1.29 is 23.1 Å². The highest BCUT2D eigenvalue weighted by Gasteiger charge is 2.33. The maximum Gasteiger partial charge on any atom is 0.417 e. The second kappa shape index (κ2) is 9.45. The van der Waals surface area contributed by atoms with Crippen molar-refractivity contribution in [3.05, 3.63) is 64.7 Å². The molecule has 0 fully saturated rings. The Hall–Kier alpha value is -2.25. The topological polar surface area (TPSA) is 75.3 Å². The zero-order valence-electron chi connectivity index (χ0n) is 14.2. The molecule has 4 nitrogen and oxygen atoms in total. The Kier molecular flexibility index (Phi) is 7.92. The lowest BCUT2D eigenvalue weighted by atomic mass is 10.1. The minimum absolute atomic E-state index is 0.159. The number of hydrogen-bond donors (Lipinski definition) is 3. The third-order valence-electron chi connectivity index (χ3n) is 3.35. The van der Waals surface area contributed by atoms with Crippen molar-refractivity contribution in [2.75, 3.05) is 5.32 Å². The first-order valence-electron chi connectivity index (χ1n) is 7.69. The van der Waals surface area contributed by atoms with Crippen molar-refractivity contribution in [2.45, 2.75) is 32.1 Å². The zero-order valence-corrected chi connectivity index (χ0v) is 15.0. The van der Waals surface area contributed by atoms with Crippen LogP contribution in [-0.4, -0.2) is 17.1 Å². The number of nitrogens with two attached hydrogens (primary N) is 1. The largest absolute Gasteiger partial charge is 0.480 e. The van der Waals surface area contributed by atoms with Crippen molar-refractivity contribution in [3.8, 4) is 0 Å². The summed E-state index contributed by atoms with van der Waals surface area (Å²) in [7, 11) is 0. The van der Waals surface area contributed by atoms with Gasteiger partial charge in [-0.15, -0.1) is 0 Å². The average molecular weight is 389 g/mol. The van der Waals surface area contributed by atoms with Crippen LogP contribution in [0.3, 0.4) is 0 Å². The monoisotopic (exact) mass is 388 g/mol. The van der Waals surface area contributed by atoms with E-state index in [1.807, 2.05) is 37.3 Å². The van der Waals surface area contributed by atoms with Gasteiger partial charge in [0.25, 0.3) is 0 Å². The smallest absolute Gasteiger partial charge is 0.417 e. The van der Waals surface area contributed by atoms with Crippen LogP contribution in [-0.2, 0) is 11.0 Å². The molecule has 0 amide bonds. The number of hydrogen-bond acceptors (Lipinski definition) is 3. The van der Waals surface area contributed by atoms with Crippen LogP contribution in [0, 0.1) is 0 Å². The molecule has 142 valence electrons. The summed E-state index contributed by atoms with van der Waals surface area (Å²) in [6, 6.07) is 12.3. The number of carboxylic acids is 1. The predicted octanol–water partition coefficient (Wildman–Crippen LogP) is 4.95. The van der Waals surface area contributed by atoms with E-state index in [9.17, 15) is 18.0 Å². The van der Waals surface area contributed by atoms with Crippen LogP contribution in [0.4, 0.5) is 18.9 Å². The van der Waals surface area contributed by atoms with Crippen LogP contribution in [0.15, 0.2) is 48.5 Å². The van der Waals surface area contributed by atoms with Gasteiger partial charge in [0.1, 0.15) is 6.04 Å². The Bertz CT molecular complexity index is 722. The first-order chi connectivity index (χ1) is 12.0. The summed E-state index contributed by atoms with van der Waals surface area (Å²) < 4.78 is 37.1. The normalized spacial score (nSPS) is 13.2. The average Bonchev–Trinajstić information content (AvgIpc) is 2.55. The molecule has 0 aromatic heterocycles.